The maximum absolute atomic E-state index is 10.8. The van der Waals surface area contributed by atoms with E-state index in [1.54, 1.807) is 6.07 Å². The summed E-state index contributed by atoms with van der Waals surface area (Å²) in [5, 5.41) is 16.4. The SMILES string of the molecule is O=[N+]([O-])c1cc([C@@H](C2CC2)N2CCNCC2)cs1. The van der Waals surface area contributed by atoms with Gasteiger partial charge < -0.3 is 5.32 Å². The maximum atomic E-state index is 10.8. The van der Waals surface area contributed by atoms with Crippen LogP contribution in [0.2, 0.25) is 0 Å². The zero-order valence-corrected chi connectivity index (χ0v) is 11.0. The van der Waals surface area contributed by atoms with Gasteiger partial charge in [-0.2, -0.15) is 0 Å². The van der Waals surface area contributed by atoms with Crippen molar-refractivity contribution in [2.75, 3.05) is 26.2 Å². The van der Waals surface area contributed by atoms with E-state index in [1.165, 1.54) is 24.2 Å². The summed E-state index contributed by atoms with van der Waals surface area (Å²) in [5.41, 5.74) is 1.15. The predicted molar refractivity (Wildman–Crippen MR) is 70.9 cm³/mol. The van der Waals surface area contributed by atoms with Gasteiger partial charge in [-0.25, -0.2) is 0 Å². The number of hydrogen-bond donors (Lipinski definition) is 1. The number of hydrogen-bond acceptors (Lipinski definition) is 5. The minimum Gasteiger partial charge on any atom is -0.314 e. The number of nitrogens with zero attached hydrogens (tertiary/aromatic N) is 2. The van der Waals surface area contributed by atoms with Crippen LogP contribution in [0.25, 0.3) is 0 Å². The summed E-state index contributed by atoms with van der Waals surface area (Å²) in [6, 6.07) is 2.17. The van der Waals surface area contributed by atoms with E-state index in [9.17, 15) is 10.1 Å². The molecule has 1 aromatic heterocycles. The Labute approximate surface area is 110 Å². The Bertz CT molecular complexity index is 438. The third-order valence-electron chi connectivity index (χ3n) is 3.74. The van der Waals surface area contributed by atoms with Gasteiger partial charge in [0.25, 0.3) is 0 Å². The molecule has 0 aromatic carbocycles. The van der Waals surface area contributed by atoms with Gasteiger partial charge >= 0.3 is 5.00 Å². The molecule has 1 aliphatic carbocycles. The van der Waals surface area contributed by atoms with Crippen LogP contribution in [0.4, 0.5) is 5.00 Å². The lowest BCUT2D eigenvalue weighted by Gasteiger charge is -2.34. The molecular weight excluding hydrogens is 250 g/mol. The van der Waals surface area contributed by atoms with Gasteiger partial charge in [0.05, 0.1) is 4.92 Å². The number of piperazine rings is 1. The van der Waals surface area contributed by atoms with Crippen LogP contribution in [0.1, 0.15) is 24.4 Å². The number of nitrogens with one attached hydrogen (secondary N) is 1. The summed E-state index contributed by atoms with van der Waals surface area (Å²) in [5.74, 6) is 0.706. The highest BCUT2D eigenvalue weighted by molar-refractivity contribution is 7.13. The second-order valence-electron chi connectivity index (χ2n) is 5.04. The van der Waals surface area contributed by atoms with E-state index in [1.807, 2.05) is 5.38 Å². The Morgan fingerprint density at radius 1 is 1.44 bits per heavy atom. The van der Waals surface area contributed by atoms with Gasteiger partial charge in [-0.15, -0.1) is 0 Å². The fourth-order valence-electron chi connectivity index (χ4n) is 2.74. The number of thiophene rings is 1. The quantitative estimate of drug-likeness (QED) is 0.669. The molecule has 0 amide bonds. The summed E-state index contributed by atoms with van der Waals surface area (Å²) in [4.78, 5) is 13.0. The Morgan fingerprint density at radius 2 is 2.17 bits per heavy atom. The third-order valence-corrected chi connectivity index (χ3v) is 4.64. The standard InChI is InChI=1S/C12H17N3O2S/c16-15(17)11-7-10(8-18-11)12(9-1-2-9)14-5-3-13-4-6-14/h7-9,12-13H,1-6H2/t12-/m1/s1. The molecule has 1 saturated heterocycles. The van der Waals surface area contributed by atoms with Crippen LogP contribution in [-0.4, -0.2) is 36.0 Å². The van der Waals surface area contributed by atoms with E-state index in [0.717, 1.165) is 31.7 Å². The molecule has 1 N–H and O–H groups in total. The molecule has 1 atom stereocenters. The van der Waals surface area contributed by atoms with Crippen molar-refractivity contribution in [3.05, 3.63) is 27.1 Å². The molecule has 1 saturated carbocycles. The van der Waals surface area contributed by atoms with Crippen molar-refractivity contribution in [1.29, 1.82) is 0 Å². The van der Waals surface area contributed by atoms with Crippen molar-refractivity contribution >= 4 is 16.3 Å². The number of nitro groups is 1. The Morgan fingerprint density at radius 3 is 2.72 bits per heavy atom. The average Bonchev–Trinajstić information content (AvgIpc) is 3.07. The van der Waals surface area contributed by atoms with E-state index >= 15 is 0 Å². The van der Waals surface area contributed by atoms with Crippen LogP contribution in [0.3, 0.4) is 0 Å². The monoisotopic (exact) mass is 267 g/mol. The Hall–Kier alpha value is -0.980. The first kappa shape index (κ1) is 12.1. The molecule has 5 nitrogen and oxygen atoms in total. The first-order valence-corrected chi connectivity index (χ1v) is 7.31. The van der Waals surface area contributed by atoms with Crippen molar-refractivity contribution in [2.24, 2.45) is 5.92 Å². The van der Waals surface area contributed by atoms with Crippen LogP contribution < -0.4 is 5.32 Å². The van der Waals surface area contributed by atoms with Gasteiger partial charge in [-0.1, -0.05) is 11.3 Å². The summed E-state index contributed by atoms with van der Waals surface area (Å²) < 4.78 is 0. The van der Waals surface area contributed by atoms with Gasteiger partial charge in [0.15, 0.2) is 0 Å². The molecule has 0 unspecified atom stereocenters. The van der Waals surface area contributed by atoms with Crippen LogP contribution >= 0.6 is 11.3 Å². The van der Waals surface area contributed by atoms with Gasteiger partial charge in [0.1, 0.15) is 0 Å². The zero-order chi connectivity index (χ0) is 12.5. The van der Waals surface area contributed by atoms with Crippen molar-refractivity contribution < 1.29 is 4.92 Å². The molecule has 0 bridgehead atoms. The van der Waals surface area contributed by atoms with Gasteiger partial charge in [0, 0.05) is 43.7 Å². The largest absolute Gasteiger partial charge is 0.324 e. The van der Waals surface area contributed by atoms with E-state index in [2.05, 4.69) is 10.2 Å². The minimum atomic E-state index is -0.282. The van der Waals surface area contributed by atoms with E-state index < -0.39 is 0 Å². The molecule has 98 valence electrons. The lowest BCUT2D eigenvalue weighted by molar-refractivity contribution is -0.380. The van der Waals surface area contributed by atoms with Crippen LogP contribution in [0.15, 0.2) is 11.4 Å². The first-order chi connectivity index (χ1) is 8.75. The van der Waals surface area contributed by atoms with Crippen molar-refractivity contribution in [3.8, 4) is 0 Å². The normalized spacial score (nSPS) is 22.9. The maximum Gasteiger partial charge on any atom is 0.324 e. The molecule has 2 aliphatic rings. The molecule has 6 heteroatoms. The highest BCUT2D eigenvalue weighted by Crippen LogP contribution is 2.46. The lowest BCUT2D eigenvalue weighted by Crippen LogP contribution is -2.45. The Kier molecular flexibility index (Phi) is 3.32. The molecule has 1 aliphatic heterocycles. The zero-order valence-electron chi connectivity index (χ0n) is 10.2. The third kappa shape index (κ3) is 2.41. The van der Waals surface area contributed by atoms with E-state index in [-0.39, 0.29) is 9.92 Å². The van der Waals surface area contributed by atoms with Crippen LogP contribution in [0, 0.1) is 16.0 Å². The van der Waals surface area contributed by atoms with E-state index in [4.69, 9.17) is 0 Å². The molecule has 1 aromatic rings. The molecule has 0 spiro atoms. The van der Waals surface area contributed by atoms with Gasteiger partial charge in [-0.05, 0) is 24.3 Å². The summed E-state index contributed by atoms with van der Waals surface area (Å²) in [7, 11) is 0. The summed E-state index contributed by atoms with van der Waals surface area (Å²) in [6.45, 7) is 4.14. The van der Waals surface area contributed by atoms with Crippen LogP contribution in [-0.2, 0) is 0 Å². The van der Waals surface area contributed by atoms with Crippen LogP contribution in [0.5, 0.6) is 0 Å². The van der Waals surface area contributed by atoms with Gasteiger partial charge in [-0.3, -0.25) is 15.0 Å². The Balaban J connectivity index is 1.81. The molecule has 2 fully saturated rings. The van der Waals surface area contributed by atoms with Crippen molar-refractivity contribution in [1.82, 2.24) is 10.2 Å². The topological polar surface area (TPSA) is 58.4 Å². The smallest absolute Gasteiger partial charge is 0.314 e. The minimum absolute atomic E-state index is 0.269. The fraction of sp³-hybridized carbons (Fsp3) is 0.667. The predicted octanol–water partition coefficient (Wildman–Crippen LogP) is 2.01. The molecule has 0 radical (unpaired) electrons. The molecule has 18 heavy (non-hydrogen) atoms. The average molecular weight is 267 g/mol. The fourth-order valence-corrected chi connectivity index (χ4v) is 3.50. The van der Waals surface area contributed by atoms with E-state index in [0.29, 0.717) is 12.0 Å². The summed E-state index contributed by atoms with van der Waals surface area (Å²) >= 11 is 1.25. The second-order valence-corrected chi connectivity index (χ2v) is 5.93. The highest BCUT2D eigenvalue weighted by atomic mass is 32.1. The summed E-state index contributed by atoms with van der Waals surface area (Å²) in [6.07, 6.45) is 2.52. The first-order valence-electron chi connectivity index (χ1n) is 6.43. The lowest BCUT2D eigenvalue weighted by atomic mass is 10.0. The number of rotatable bonds is 4. The van der Waals surface area contributed by atoms with Crippen molar-refractivity contribution in [3.63, 3.8) is 0 Å². The highest BCUT2D eigenvalue weighted by Gasteiger charge is 2.37. The second kappa shape index (κ2) is 4.95. The molecular formula is C12H17N3O2S. The van der Waals surface area contributed by atoms with Crippen molar-refractivity contribution in [2.45, 2.75) is 18.9 Å². The van der Waals surface area contributed by atoms with Gasteiger partial charge in [0.2, 0.25) is 0 Å². The molecule has 3 rings (SSSR count). The molecule has 2 heterocycles.